The Morgan fingerprint density at radius 3 is 2.70 bits per heavy atom. The van der Waals surface area contributed by atoms with E-state index in [1.165, 1.54) is 0 Å². The number of ether oxygens (including phenoxy) is 2. The predicted molar refractivity (Wildman–Crippen MR) is 81.2 cm³/mol. The summed E-state index contributed by atoms with van der Waals surface area (Å²) in [4.78, 5) is 0. The van der Waals surface area contributed by atoms with Crippen LogP contribution in [0.25, 0.3) is 0 Å². The SMILES string of the molecule is COc1ccc(NC(=S)NCc2ccn[nH]2)cc1OC. The highest BCUT2D eigenvalue weighted by molar-refractivity contribution is 7.80. The molecule has 0 aliphatic heterocycles. The van der Waals surface area contributed by atoms with Crippen molar-refractivity contribution in [2.45, 2.75) is 6.54 Å². The summed E-state index contributed by atoms with van der Waals surface area (Å²) in [6, 6.07) is 7.39. The van der Waals surface area contributed by atoms with E-state index in [1.54, 1.807) is 20.4 Å². The molecule has 106 valence electrons. The van der Waals surface area contributed by atoms with Crippen molar-refractivity contribution in [1.29, 1.82) is 0 Å². The zero-order valence-electron chi connectivity index (χ0n) is 11.3. The summed E-state index contributed by atoms with van der Waals surface area (Å²) < 4.78 is 10.4. The zero-order valence-corrected chi connectivity index (χ0v) is 12.1. The number of methoxy groups -OCH3 is 2. The van der Waals surface area contributed by atoms with Crippen LogP contribution in [0, 0.1) is 0 Å². The lowest BCUT2D eigenvalue weighted by Crippen LogP contribution is -2.28. The van der Waals surface area contributed by atoms with Gasteiger partial charge in [0.15, 0.2) is 16.6 Å². The highest BCUT2D eigenvalue weighted by Crippen LogP contribution is 2.29. The molecule has 0 spiro atoms. The Labute approximate surface area is 122 Å². The van der Waals surface area contributed by atoms with E-state index in [0.29, 0.717) is 23.2 Å². The van der Waals surface area contributed by atoms with Crippen molar-refractivity contribution < 1.29 is 9.47 Å². The van der Waals surface area contributed by atoms with Gasteiger partial charge in [-0.3, -0.25) is 5.10 Å². The van der Waals surface area contributed by atoms with E-state index in [9.17, 15) is 0 Å². The standard InChI is InChI=1S/C13H16N4O2S/c1-18-11-4-3-9(7-12(11)19-2)16-13(20)14-8-10-5-6-15-17-10/h3-7H,8H2,1-2H3,(H,15,17)(H2,14,16,20). The minimum absolute atomic E-state index is 0.520. The molecule has 0 aliphatic rings. The average molecular weight is 292 g/mol. The minimum atomic E-state index is 0.520. The fraction of sp³-hybridized carbons (Fsp3) is 0.231. The molecule has 0 saturated heterocycles. The van der Waals surface area contributed by atoms with Crippen molar-refractivity contribution >= 4 is 23.0 Å². The molecule has 6 nitrogen and oxygen atoms in total. The topological polar surface area (TPSA) is 71.2 Å². The summed E-state index contributed by atoms with van der Waals surface area (Å²) in [5.74, 6) is 1.32. The third-order valence-corrected chi connectivity index (χ3v) is 2.89. The Hall–Kier alpha value is -2.28. The van der Waals surface area contributed by atoms with Gasteiger partial charge >= 0.3 is 0 Å². The van der Waals surface area contributed by atoms with Crippen LogP contribution in [-0.2, 0) is 6.54 Å². The summed E-state index contributed by atoms with van der Waals surface area (Å²) in [5, 5.41) is 13.4. The van der Waals surface area contributed by atoms with E-state index >= 15 is 0 Å². The Kier molecular flexibility index (Phi) is 4.78. The molecule has 3 N–H and O–H groups in total. The van der Waals surface area contributed by atoms with E-state index in [0.717, 1.165) is 11.4 Å². The highest BCUT2D eigenvalue weighted by Gasteiger charge is 2.05. The van der Waals surface area contributed by atoms with Crippen LogP contribution in [0.5, 0.6) is 11.5 Å². The largest absolute Gasteiger partial charge is 0.493 e. The summed E-state index contributed by atoms with van der Waals surface area (Å²) in [6.07, 6.45) is 1.70. The maximum atomic E-state index is 5.24. The van der Waals surface area contributed by atoms with Gasteiger partial charge in [-0.25, -0.2) is 0 Å². The van der Waals surface area contributed by atoms with Gasteiger partial charge in [-0.1, -0.05) is 0 Å². The van der Waals surface area contributed by atoms with Gasteiger partial charge in [-0.15, -0.1) is 0 Å². The lowest BCUT2D eigenvalue weighted by atomic mass is 10.3. The number of thiocarbonyl (C=S) groups is 1. The number of benzene rings is 1. The number of rotatable bonds is 5. The van der Waals surface area contributed by atoms with Crippen LogP contribution in [0.4, 0.5) is 5.69 Å². The number of nitrogens with zero attached hydrogens (tertiary/aromatic N) is 1. The molecule has 0 saturated carbocycles. The molecule has 0 unspecified atom stereocenters. The second-order valence-corrected chi connectivity index (χ2v) is 4.37. The maximum absolute atomic E-state index is 5.24. The van der Waals surface area contributed by atoms with Crippen LogP contribution in [0.1, 0.15) is 5.69 Å². The van der Waals surface area contributed by atoms with E-state index < -0.39 is 0 Å². The molecule has 0 amide bonds. The second-order valence-electron chi connectivity index (χ2n) is 3.96. The van der Waals surface area contributed by atoms with Gasteiger partial charge in [0.2, 0.25) is 0 Å². The quantitative estimate of drug-likeness (QED) is 0.731. The lowest BCUT2D eigenvalue weighted by molar-refractivity contribution is 0.355. The predicted octanol–water partition coefficient (Wildman–Crippen LogP) is 1.91. The van der Waals surface area contributed by atoms with Gasteiger partial charge in [0, 0.05) is 18.0 Å². The monoisotopic (exact) mass is 292 g/mol. The first-order valence-corrected chi connectivity index (χ1v) is 6.39. The van der Waals surface area contributed by atoms with E-state index in [4.69, 9.17) is 21.7 Å². The van der Waals surface area contributed by atoms with Crippen LogP contribution < -0.4 is 20.1 Å². The zero-order chi connectivity index (χ0) is 14.4. The van der Waals surface area contributed by atoms with Crippen molar-refractivity contribution in [3.63, 3.8) is 0 Å². The fourth-order valence-electron chi connectivity index (χ4n) is 1.65. The Morgan fingerprint density at radius 1 is 1.25 bits per heavy atom. The van der Waals surface area contributed by atoms with Crippen LogP contribution >= 0.6 is 12.2 Å². The fourth-order valence-corrected chi connectivity index (χ4v) is 1.84. The number of aromatic amines is 1. The first-order chi connectivity index (χ1) is 9.72. The number of hydrogen-bond donors (Lipinski definition) is 3. The molecule has 7 heteroatoms. The van der Waals surface area contributed by atoms with Gasteiger partial charge < -0.3 is 20.1 Å². The molecular formula is C13H16N4O2S. The number of H-pyrrole nitrogens is 1. The lowest BCUT2D eigenvalue weighted by Gasteiger charge is -2.12. The normalized spacial score (nSPS) is 9.90. The number of hydrogen-bond acceptors (Lipinski definition) is 4. The first kappa shape index (κ1) is 14.1. The van der Waals surface area contributed by atoms with E-state index in [2.05, 4.69) is 20.8 Å². The van der Waals surface area contributed by atoms with Crippen molar-refractivity contribution in [3.05, 3.63) is 36.2 Å². The average Bonchev–Trinajstić information content (AvgIpc) is 2.98. The van der Waals surface area contributed by atoms with Crippen molar-refractivity contribution in [2.24, 2.45) is 0 Å². The summed E-state index contributed by atoms with van der Waals surface area (Å²) in [5.41, 5.74) is 1.78. The summed E-state index contributed by atoms with van der Waals surface area (Å²) in [6.45, 7) is 0.582. The van der Waals surface area contributed by atoms with Gasteiger partial charge in [0.1, 0.15) is 0 Å². The molecule has 0 atom stereocenters. The number of aromatic nitrogens is 2. The summed E-state index contributed by atoms with van der Waals surface area (Å²) >= 11 is 5.22. The van der Waals surface area contributed by atoms with Gasteiger partial charge in [0.25, 0.3) is 0 Å². The van der Waals surface area contributed by atoms with Crippen molar-refractivity contribution in [2.75, 3.05) is 19.5 Å². The Balaban J connectivity index is 1.93. The highest BCUT2D eigenvalue weighted by atomic mass is 32.1. The van der Waals surface area contributed by atoms with Gasteiger partial charge in [-0.2, -0.15) is 5.10 Å². The van der Waals surface area contributed by atoms with Gasteiger partial charge in [0.05, 0.1) is 26.5 Å². The van der Waals surface area contributed by atoms with E-state index in [1.807, 2.05) is 24.3 Å². The molecule has 2 rings (SSSR count). The molecule has 0 bridgehead atoms. The third-order valence-electron chi connectivity index (χ3n) is 2.64. The first-order valence-electron chi connectivity index (χ1n) is 5.98. The molecule has 1 aromatic carbocycles. The van der Waals surface area contributed by atoms with Gasteiger partial charge in [-0.05, 0) is 30.4 Å². The number of nitrogens with one attached hydrogen (secondary N) is 3. The maximum Gasteiger partial charge on any atom is 0.171 e. The Morgan fingerprint density at radius 2 is 2.05 bits per heavy atom. The second kappa shape index (κ2) is 6.76. The van der Waals surface area contributed by atoms with E-state index in [-0.39, 0.29) is 0 Å². The molecule has 1 heterocycles. The molecule has 20 heavy (non-hydrogen) atoms. The molecule has 0 aliphatic carbocycles. The van der Waals surface area contributed by atoms with Crippen LogP contribution in [-0.4, -0.2) is 29.5 Å². The molecular weight excluding hydrogens is 276 g/mol. The van der Waals surface area contributed by atoms with Crippen LogP contribution in [0.3, 0.4) is 0 Å². The molecule has 1 aromatic heterocycles. The molecule has 2 aromatic rings. The summed E-state index contributed by atoms with van der Waals surface area (Å²) in [7, 11) is 3.19. The third kappa shape index (κ3) is 3.61. The van der Waals surface area contributed by atoms with Crippen molar-refractivity contribution in [1.82, 2.24) is 15.5 Å². The minimum Gasteiger partial charge on any atom is -0.493 e. The molecule has 0 fully saturated rings. The van der Waals surface area contributed by atoms with Crippen LogP contribution in [0.15, 0.2) is 30.5 Å². The number of anilines is 1. The van der Waals surface area contributed by atoms with Crippen LogP contribution in [0.2, 0.25) is 0 Å². The smallest absolute Gasteiger partial charge is 0.171 e. The van der Waals surface area contributed by atoms with Crippen molar-refractivity contribution in [3.8, 4) is 11.5 Å². The molecule has 0 radical (unpaired) electrons. The Bertz CT molecular complexity index is 572.